The Labute approximate surface area is 199 Å². The smallest absolute Gasteiger partial charge is 0.410 e. The van der Waals surface area contributed by atoms with Crippen molar-refractivity contribution < 1.29 is 13.9 Å². The monoisotopic (exact) mass is 453 g/mol. The number of aryl methyl sites for hydroxylation is 1. The van der Waals surface area contributed by atoms with Gasteiger partial charge in [0.2, 0.25) is 0 Å². The van der Waals surface area contributed by atoms with E-state index in [1.54, 1.807) is 6.07 Å². The molecule has 1 fully saturated rings. The highest BCUT2D eigenvalue weighted by Gasteiger charge is 2.41. The zero-order valence-electron chi connectivity index (χ0n) is 19.1. The van der Waals surface area contributed by atoms with Crippen LogP contribution in [0.15, 0.2) is 84.4 Å². The molecule has 0 N–H and O–H groups in total. The fourth-order valence-corrected chi connectivity index (χ4v) is 6.05. The molecule has 2 atom stereocenters. The van der Waals surface area contributed by atoms with Crippen molar-refractivity contribution in [2.24, 2.45) is 0 Å². The number of halogens is 1. The Morgan fingerprint density at radius 3 is 2.26 bits per heavy atom. The van der Waals surface area contributed by atoms with Gasteiger partial charge in [0, 0.05) is 12.0 Å². The van der Waals surface area contributed by atoms with E-state index in [0.717, 1.165) is 31.2 Å². The first-order valence-corrected chi connectivity index (χ1v) is 12.3. The number of rotatable bonds is 5. The number of ether oxygens (including phenoxy) is 1. The third-order valence-electron chi connectivity index (χ3n) is 7.69. The molecule has 3 nitrogen and oxygen atoms in total. The minimum Gasteiger partial charge on any atom is -0.448 e. The lowest BCUT2D eigenvalue weighted by molar-refractivity contribution is 0.0849. The number of fused-ring (bicyclic) bond motifs is 5. The molecule has 3 aromatic carbocycles. The first-order valence-electron chi connectivity index (χ1n) is 12.3. The Hall–Kier alpha value is -3.40. The average Bonchev–Trinajstić information content (AvgIpc) is 3.33. The summed E-state index contributed by atoms with van der Waals surface area (Å²) in [6, 6.07) is 24.1. The fraction of sp³-hybridized carbons (Fsp3) is 0.300. The Kier molecular flexibility index (Phi) is 5.44. The Morgan fingerprint density at radius 2 is 1.56 bits per heavy atom. The van der Waals surface area contributed by atoms with Crippen molar-refractivity contribution in [2.45, 2.75) is 50.1 Å². The number of hydrogen-bond donors (Lipinski definition) is 0. The second kappa shape index (κ2) is 8.75. The summed E-state index contributed by atoms with van der Waals surface area (Å²) in [6.45, 7) is 0.354. The van der Waals surface area contributed by atoms with Gasteiger partial charge in [-0.05, 0) is 66.0 Å². The van der Waals surface area contributed by atoms with E-state index < -0.39 is 0 Å². The van der Waals surface area contributed by atoms with E-state index in [1.807, 2.05) is 17.0 Å². The summed E-state index contributed by atoms with van der Waals surface area (Å²) < 4.78 is 19.9. The second-order valence-corrected chi connectivity index (χ2v) is 9.63. The summed E-state index contributed by atoms with van der Waals surface area (Å²) in [7, 11) is 0. The van der Waals surface area contributed by atoms with Gasteiger partial charge in [-0.25, -0.2) is 9.18 Å². The van der Waals surface area contributed by atoms with Crippen molar-refractivity contribution in [3.05, 3.63) is 107 Å². The second-order valence-electron chi connectivity index (χ2n) is 9.63. The van der Waals surface area contributed by atoms with Gasteiger partial charge in [0.1, 0.15) is 12.4 Å². The number of nitrogens with zero attached hydrogens (tertiary/aromatic N) is 1. The van der Waals surface area contributed by atoms with Crippen LogP contribution in [0.25, 0.3) is 11.1 Å². The lowest BCUT2D eigenvalue weighted by atomic mass is 9.95. The predicted octanol–water partition coefficient (Wildman–Crippen LogP) is 6.87. The average molecular weight is 454 g/mol. The summed E-state index contributed by atoms with van der Waals surface area (Å²) in [5.74, 6) is -0.0622. The van der Waals surface area contributed by atoms with E-state index in [2.05, 4.69) is 54.6 Å². The highest BCUT2D eigenvalue weighted by Crippen LogP contribution is 2.45. The summed E-state index contributed by atoms with van der Waals surface area (Å²) in [5.41, 5.74) is 7.02. The summed E-state index contributed by atoms with van der Waals surface area (Å²) in [6.07, 6.45) is 6.38. The van der Waals surface area contributed by atoms with Gasteiger partial charge in [0.25, 0.3) is 0 Å². The van der Waals surface area contributed by atoms with Crippen LogP contribution in [0.4, 0.5) is 9.18 Å². The van der Waals surface area contributed by atoms with Crippen LogP contribution in [-0.2, 0) is 11.2 Å². The van der Waals surface area contributed by atoms with Crippen LogP contribution in [-0.4, -0.2) is 29.7 Å². The van der Waals surface area contributed by atoms with E-state index in [9.17, 15) is 9.18 Å². The van der Waals surface area contributed by atoms with Crippen molar-refractivity contribution in [3.63, 3.8) is 0 Å². The normalized spacial score (nSPS) is 20.6. The molecule has 0 aromatic heterocycles. The molecular formula is C30H28FNO2. The minimum atomic E-state index is -0.209. The van der Waals surface area contributed by atoms with Crippen LogP contribution in [0.3, 0.4) is 0 Å². The fourth-order valence-electron chi connectivity index (χ4n) is 6.05. The molecule has 2 heterocycles. The molecular weight excluding hydrogens is 425 g/mol. The van der Waals surface area contributed by atoms with E-state index in [1.165, 1.54) is 33.9 Å². The molecule has 3 aliphatic rings. The molecule has 0 saturated carbocycles. The Morgan fingerprint density at radius 1 is 0.882 bits per heavy atom. The maximum absolute atomic E-state index is 14.0. The highest BCUT2D eigenvalue weighted by molar-refractivity contribution is 5.79. The van der Waals surface area contributed by atoms with Gasteiger partial charge < -0.3 is 4.74 Å². The number of amides is 1. The maximum atomic E-state index is 14.0. The van der Waals surface area contributed by atoms with Crippen molar-refractivity contribution in [2.75, 3.05) is 6.61 Å². The van der Waals surface area contributed by atoms with Crippen LogP contribution in [0, 0.1) is 5.82 Å². The van der Waals surface area contributed by atoms with Crippen molar-refractivity contribution >= 4 is 6.09 Å². The first kappa shape index (κ1) is 21.2. The van der Waals surface area contributed by atoms with Crippen molar-refractivity contribution in [1.29, 1.82) is 0 Å². The molecule has 6 rings (SSSR count). The molecule has 2 aliphatic heterocycles. The quantitative estimate of drug-likeness (QED) is 0.395. The van der Waals surface area contributed by atoms with Gasteiger partial charge in [-0.3, -0.25) is 4.90 Å². The van der Waals surface area contributed by atoms with Gasteiger partial charge >= 0.3 is 6.09 Å². The number of benzene rings is 3. The molecule has 3 aromatic rings. The van der Waals surface area contributed by atoms with Crippen LogP contribution in [0.1, 0.15) is 48.3 Å². The van der Waals surface area contributed by atoms with Crippen LogP contribution in [0.5, 0.6) is 0 Å². The van der Waals surface area contributed by atoms with Gasteiger partial charge in [-0.2, -0.15) is 0 Å². The molecule has 172 valence electrons. The molecule has 1 amide bonds. The van der Waals surface area contributed by atoms with Gasteiger partial charge in [0.05, 0.1) is 6.04 Å². The number of carbonyl (C=O) groups is 1. The third-order valence-corrected chi connectivity index (χ3v) is 7.69. The molecule has 34 heavy (non-hydrogen) atoms. The van der Waals surface area contributed by atoms with Crippen LogP contribution in [0.2, 0.25) is 0 Å². The first-order chi connectivity index (χ1) is 16.7. The summed E-state index contributed by atoms with van der Waals surface area (Å²) in [4.78, 5) is 15.1. The van der Waals surface area contributed by atoms with Gasteiger partial charge in [0.15, 0.2) is 0 Å². The molecule has 0 radical (unpaired) electrons. The van der Waals surface area contributed by atoms with E-state index >= 15 is 0 Å². The molecule has 0 spiro atoms. The Bertz CT molecular complexity index is 1220. The predicted molar refractivity (Wildman–Crippen MR) is 131 cm³/mol. The van der Waals surface area contributed by atoms with Gasteiger partial charge in [-0.1, -0.05) is 78.4 Å². The lowest BCUT2D eigenvalue weighted by Gasteiger charge is -2.33. The number of hydrogen-bond acceptors (Lipinski definition) is 2. The Balaban J connectivity index is 1.13. The van der Waals surface area contributed by atoms with E-state index in [-0.39, 0.29) is 29.9 Å². The zero-order chi connectivity index (χ0) is 23.1. The minimum absolute atomic E-state index is 0.0747. The molecule has 1 aliphatic carbocycles. The molecule has 1 saturated heterocycles. The topological polar surface area (TPSA) is 29.5 Å². The van der Waals surface area contributed by atoms with Crippen molar-refractivity contribution in [1.82, 2.24) is 4.90 Å². The maximum Gasteiger partial charge on any atom is 0.410 e. The van der Waals surface area contributed by atoms with Crippen LogP contribution >= 0.6 is 0 Å². The highest BCUT2D eigenvalue weighted by atomic mass is 19.1. The van der Waals surface area contributed by atoms with Gasteiger partial charge in [-0.15, -0.1) is 0 Å². The standard InChI is InChI=1S/C30H28FNO2/c31-29-12-6-1-7-21(29)14-13-20-17-22-15-16-23(18-20)32(22)30(33)34-19-28-26-10-4-2-8-24(26)25-9-3-5-11-27(25)28/h1-12,17,22-23,28H,13-16,18-19H2. The summed E-state index contributed by atoms with van der Waals surface area (Å²) >= 11 is 0. The SMILES string of the molecule is O=C(OCC1c2ccccc2-c2ccccc21)N1C2C=C(CCc3ccccc3F)CC1CC2. The van der Waals surface area contributed by atoms with E-state index in [4.69, 9.17) is 4.74 Å². The lowest BCUT2D eigenvalue weighted by Crippen LogP contribution is -2.43. The summed E-state index contributed by atoms with van der Waals surface area (Å²) in [5, 5.41) is 0. The third kappa shape index (κ3) is 3.71. The largest absolute Gasteiger partial charge is 0.448 e. The van der Waals surface area contributed by atoms with E-state index in [0.29, 0.717) is 13.0 Å². The van der Waals surface area contributed by atoms with Crippen molar-refractivity contribution in [3.8, 4) is 11.1 Å². The number of carbonyl (C=O) groups excluding carboxylic acids is 1. The molecule has 4 heteroatoms. The molecule has 2 unspecified atom stereocenters. The molecule has 2 bridgehead atoms. The van der Waals surface area contributed by atoms with Crippen LogP contribution < -0.4 is 0 Å². The zero-order valence-corrected chi connectivity index (χ0v) is 19.1.